The maximum absolute atomic E-state index is 14.0. The number of hydrogen-bond donors (Lipinski definition) is 2. The smallest absolute Gasteiger partial charge is 0.339 e. The zero-order valence-corrected chi connectivity index (χ0v) is 18.4. The summed E-state index contributed by atoms with van der Waals surface area (Å²) in [4.78, 5) is 19.8. The van der Waals surface area contributed by atoms with Crippen LogP contribution in [-0.4, -0.2) is 33.7 Å². The van der Waals surface area contributed by atoms with Gasteiger partial charge in [0.05, 0.1) is 11.8 Å². The van der Waals surface area contributed by atoms with Crippen LogP contribution in [0.15, 0.2) is 47.2 Å². The molecule has 0 atom stereocenters. The van der Waals surface area contributed by atoms with E-state index in [1.165, 1.54) is 24.5 Å². The van der Waals surface area contributed by atoms with E-state index in [9.17, 15) is 18.7 Å². The molecule has 9 heteroatoms. The van der Waals surface area contributed by atoms with Gasteiger partial charge in [0.25, 0.3) is 0 Å². The van der Waals surface area contributed by atoms with Gasteiger partial charge >= 0.3 is 5.97 Å². The summed E-state index contributed by atoms with van der Waals surface area (Å²) in [5.74, 6) is -1.60. The number of ether oxygens (including phenoxy) is 1. The van der Waals surface area contributed by atoms with Crippen LogP contribution in [0.4, 0.5) is 14.6 Å². The van der Waals surface area contributed by atoms with Gasteiger partial charge in [-0.2, -0.15) is 0 Å². The Morgan fingerprint density at radius 3 is 2.52 bits per heavy atom. The number of carboxylic acids is 1. The number of carbonyl (C=O) groups is 1. The van der Waals surface area contributed by atoms with Gasteiger partial charge in [-0.05, 0) is 44.5 Å². The third-order valence-electron chi connectivity index (χ3n) is 4.32. The van der Waals surface area contributed by atoms with Crippen molar-refractivity contribution in [2.45, 2.75) is 26.4 Å². The number of hydrogen-bond acceptors (Lipinski definition) is 5. The molecule has 0 saturated heterocycles. The highest BCUT2D eigenvalue weighted by molar-refractivity contribution is 9.10. The van der Waals surface area contributed by atoms with Crippen LogP contribution >= 0.6 is 15.9 Å². The molecular weight excluding hydrogens is 472 g/mol. The lowest BCUT2D eigenvalue weighted by Crippen LogP contribution is -2.10. The predicted octanol–water partition coefficient (Wildman–Crippen LogP) is 5.32. The number of halogens is 3. The van der Waals surface area contributed by atoms with E-state index in [0.29, 0.717) is 21.5 Å². The van der Waals surface area contributed by atoms with Crippen molar-refractivity contribution < 1.29 is 23.4 Å². The number of aromatic carboxylic acids is 1. The first-order valence-electron chi connectivity index (χ1n) is 9.48. The molecule has 2 aromatic carbocycles. The highest BCUT2D eigenvalue weighted by Crippen LogP contribution is 2.28. The molecule has 0 fully saturated rings. The average Bonchev–Trinajstić information content (AvgIpc) is 2.69. The molecule has 3 aromatic rings. The first kappa shape index (κ1) is 22.6. The van der Waals surface area contributed by atoms with E-state index >= 15 is 0 Å². The molecular formula is C22H20BrF2N3O3. The number of benzene rings is 2. The van der Waals surface area contributed by atoms with Crippen molar-refractivity contribution in [2.75, 3.05) is 11.9 Å². The zero-order valence-electron chi connectivity index (χ0n) is 16.8. The second-order valence-electron chi connectivity index (χ2n) is 7.00. The Morgan fingerprint density at radius 1 is 1.16 bits per heavy atom. The molecule has 0 aliphatic rings. The summed E-state index contributed by atoms with van der Waals surface area (Å²) in [7, 11) is 0. The molecule has 162 valence electrons. The highest BCUT2D eigenvalue weighted by Gasteiger charge is 2.15. The molecule has 0 aliphatic heterocycles. The Kier molecular flexibility index (Phi) is 7.17. The van der Waals surface area contributed by atoms with Crippen LogP contribution in [0.1, 0.15) is 29.8 Å². The van der Waals surface area contributed by atoms with Crippen molar-refractivity contribution in [1.82, 2.24) is 9.97 Å². The summed E-state index contributed by atoms with van der Waals surface area (Å²) in [6.45, 7) is 3.87. The van der Waals surface area contributed by atoms with E-state index < -0.39 is 17.6 Å². The van der Waals surface area contributed by atoms with Gasteiger partial charge < -0.3 is 15.2 Å². The van der Waals surface area contributed by atoms with Crippen LogP contribution in [0.25, 0.3) is 11.3 Å². The van der Waals surface area contributed by atoms with E-state index in [2.05, 4.69) is 31.2 Å². The molecule has 6 nitrogen and oxygen atoms in total. The second kappa shape index (κ2) is 9.82. The van der Waals surface area contributed by atoms with E-state index in [-0.39, 0.29) is 35.9 Å². The SMILES string of the molecule is CC(C)Oc1cc(-c2cc(NCCc3c(F)cc(Br)cc3F)ncn2)ccc1C(=O)O. The fourth-order valence-electron chi connectivity index (χ4n) is 2.95. The number of rotatable bonds is 8. The van der Waals surface area contributed by atoms with Gasteiger partial charge in [-0.1, -0.05) is 22.0 Å². The standard InChI is InChI=1S/C22H20BrF2N3O3/c1-12(2)31-20-7-13(3-4-16(20)22(29)30)19-10-21(28-11-27-19)26-6-5-15-17(24)8-14(23)9-18(15)25/h3-4,7-12H,5-6H2,1-2H3,(H,29,30)(H,26,27,28). The van der Waals surface area contributed by atoms with Crippen molar-refractivity contribution in [3.63, 3.8) is 0 Å². The van der Waals surface area contributed by atoms with E-state index in [1.54, 1.807) is 18.2 Å². The molecule has 0 spiro atoms. The molecule has 0 amide bonds. The minimum absolute atomic E-state index is 0.00952. The lowest BCUT2D eigenvalue weighted by molar-refractivity contribution is 0.0690. The number of anilines is 1. The first-order valence-corrected chi connectivity index (χ1v) is 10.3. The average molecular weight is 492 g/mol. The quantitative estimate of drug-likeness (QED) is 0.443. The molecule has 0 saturated carbocycles. The van der Waals surface area contributed by atoms with Gasteiger partial charge in [-0.15, -0.1) is 0 Å². The normalized spacial score (nSPS) is 10.9. The summed E-state index contributed by atoms with van der Waals surface area (Å²) in [5, 5.41) is 12.4. The van der Waals surface area contributed by atoms with Crippen LogP contribution in [-0.2, 0) is 6.42 Å². The largest absolute Gasteiger partial charge is 0.490 e. The van der Waals surface area contributed by atoms with E-state index in [1.807, 2.05) is 13.8 Å². The lowest BCUT2D eigenvalue weighted by Gasteiger charge is -2.14. The summed E-state index contributed by atoms with van der Waals surface area (Å²) in [6.07, 6.45) is 1.28. The Bertz CT molecular complexity index is 1090. The third-order valence-corrected chi connectivity index (χ3v) is 4.78. The van der Waals surface area contributed by atoms with E-state index in [4.69, 9.17) is 4.74 Å². The summed E-state index contributed by atoms with van der Waals surface area (Å²) < 4.78 is 33.9. The second-order valence-corrected chi connectivity index (χ2v) is 7.91. The number of nitrogens with one attached hydrogen (secondary N) is 1. The molecule has 1 heterocycles. The molecule has 0 aliphatic carbocycles. The molecule has 2 N–H and O–H groups in total. The van der Waals surface area contributed by atoms with Gasteiger partial charge in [0.15, 0.2) is 0 Å². The maximum Gasteiger partial charge on any atom is 0.339 e. The maximum atomic E-state index is 14.0. The summed E-state index contributed by atoms with van der Waals surface area (Å²) in [6, 6.07) is 8.82. The Hall–Kier alpha value is -3.07. The van der Waals surface area contributed by atoms with Gasteiger partial charge in [0, 0.05) is 28.2 Å². The van der Waals surface area contributed by atoms with Gasteiger partial charge in [-0.25, -0.2) is 23.5 Å². The van der Waals surface area contributed by atoms with Crippen molar-refractivity contribution in [2.24, 2.45) is 0 Å². The number of carboxylic acid groups (broad SMARTS) is 1. The first-order chi connectivity index (χ1) is 14.7. The Balaban J connectivity index is 1.77. The Morgan fingerprint density at radius 2 is 1.87 bits per heavy atom. The lowest BCUT2D eigenvalue weighted by atomic mass is 10.1. The molecule has 31 heavy (non-hydrogen) atoms. The van der Waals surface area contributed by atoms with Crippen LogP contribution < -0.4 is 10.1 Å². The highest BCUT2D eigenvalue weighted by atomic mass is 79.9. The minimum Gasteiger partial charge on any atom is -0.490 e. The van der Waals surface area contributed by atoms with Crippen molar-refractivity contribution >= 4 is 27.7 Å². The van der Waals surface area contributed by atoms with Gasteiger partial charge in [0.1, 0.15) is 35.1 Å². The van der Waals surface area contributed by atoms with Crippen LogP contribution in [0.5, 0.6) is 5.75 Å². The van der Waals surface area contributed by atoms with Crippen molar-refractivity contribution in [3.8, 4) is 17.0 Å². The molecule has 1 aromatic heterocycles. The zero-order chi connectivity index (χ0) is 22.5. The van der Waals surface area contributed by atoms with Crippen LogP contribution in [0.3, 0.4) is 0 Å². The molecule has 0 radical (unpaired) electrons. The topological polar surface area (TPSA) is 84.3 Å². The van der Waals surface area contributed by atoms with Crippen molar-refractivity contribution in [1.29, 1.82) is 0 Å². The summed E-state index contributed by atoms with van der Waals surface area (Å²) >= 11 is 3.06. The Labute approximate surface area is 186 Å². The predicted molar refractivity (Wildman–Crippen MR) is 116 cm³/mol. The molecule has 0 unspecified atom stereocenters. The molecule has 0 bridgehead atoms. The van der Waals surface area contributed by atoms with Crippen LogP contribution in [0, 0.1) is 11.6 Å². The van der Waals surface area contributed by atoms with Gasteiger partial charge in [-0.3, -0.25) is 0 Å². The van der Waals surface area contributed by atoms with E-state index in [0.717, 1.165) is 0 Å². The number of aromatic nitrogens is 2. The fourth-order valence-corrected chi connectivity index (χ4v) is 3.35. The van der Waals surface area contributed by atoms with Gasteiger partial charge in [0.2, 0.25) is 0 Å². The number of nitrogens with zero attached hydrogens (tertiary/aromatic N) is 2. The van der Waals surface area contributed by atoms with Crippen molar-refractivity contribution in [3.05, 3.63) is 70.0 Å². The minimum atomic E-state index is -1.08. The third kappa shape index (κ3) is 5.75. The monoisotopic (exact) mass is 491 g/mol. The fraction of sp³-hybridized carbons (Fsp3) is 0.227. The van der Waals surface area contributed by atoms with Crippen LogP contribution in [0.2, 0.25) is 0 Å². The summed E-state index contributed by atoms with van der Waals surface area (Å²) in [5.41, 5.74) is 1.24. The molecule has 3 rings (SSSR count).